The summed E-state index contributed by atoms with van der Waals surface area (Å²) in [5.74, 6) is 0.582. The van der Waals surface area contributed by atoms with E-state index < -0.39 is 0 Å². The van der Waals surface area contributed by atoms with Crippen molar-refractivity contribution in [1.82, 2.24) is 9.69 Å². The minimum atomic E-state index is 0.582. The maximum absolute atomic E-state index is 5.22. The average Bonchev–Trinajstić information content (AvgIpc) is 2.73. The van der Waals surface area contributed by atoms with Crippen molar-refractivity contribution >= 4 is 44.6 Å². The number of hydrogen-bond donors (Lipinski definition) is 2. The Kier molecular flexibility index (Phi) is 3.91. The van der Waals surface area contributed by atoms with E-state index in [0.717, 1.165) is 17.6 Å². The third-order valence-electron chi connectivity index (χ3n) is 2.28. The summed E-state index contributed by atoms with van der Waals surface area (Å²) in [6, 6.07) is 6.13. The molecule has 2 N–H and O–H groups in total. The molecule has 0 spiro atoms. The second-order valence-corrected chi connectivity index (χ2v) is 5.55. The van der Waals surface area contributed by atoms with E-state index in [9.17, 15) is 0 Å². The molecule has 0 unspecified atom stereocenters. The van der Waals surface area contributed by atoms with Gasteiger partial charge in [0.05, 0.1) is 4.70 Å². The summed E-state index contributed by atoms with van der Waals surface area (Å²) in [7, 11) is 0. The van der Waals surface area contributed by atoms with E-state index >= 15 is 0 Å². The molecule has 90 valence electrons. The van der Waals surface area contributed by atoms with Gasteiger partial charge in [0.25, 0.3) is 0 Å². The van der Waals surface area contributed by atoms with Crippen LogP contribution < -0.4 is 10.6 Å². The maximum Gasteiger partial charge on any atom is 0.170 e. The first-order valence-electron chi connectivity index (χ1n) is 5.54. The Hall–Kier alpha value is -1.20. The van der Waals surface area contributed by atoms with Gasteiger partial charge >= 0.3 is 0 Å². The van der Waals surface area contributed by atoms with Gasteiger partial charge < -0.3 is 10.6 Å². The number of nitrogens with one attached hydrogen (secondary N) is 2. The number of anilines is 1. The number of hydrogen-bond acceptors (Lipinski definition) is 3. The van der Waals surface area contributed by atoms with Crippen LogP contribution in [0.4, 0.5) is 5.69 Å². The Bertz CT molecular complexity index is 519. The largest absolute Gasteiger partial charge is 0.362 e. The van der Waals surface area contributed by atoms with Gasteiger partial charge in [-0.2, -0.15) is 4.37 Å². The molecule has 5 heteroatoms. The summed E-state index contributed by atoms with van der Waals surface area (Å²) < 4.78 is 5.34. The van der Waals surface area contributed by atoms with Gasteiger partial charge in [0.15, 0.2) is 5.11 Å². The van der Waals surface area contributed by atoms with Crippen molar-refractivity contribution in [2.75, 3.05) is 11.9 Å². The topological polar surface area (TPSA) is 37.0 Å². The monoisotopic (exact) mass is 265 g/mol. The highest BCUT2D eigenvalue weighted by Crippen LogP contribution is 2.21. The number of fused-ring (bicyclic) bond motifs is 1. The van der Waals surface area contributed by atoms with E-state index in [-0.39, 0.29) is 0 Å². The molecule has 1 aromatic carbocycles. The van der Waals surface area contributed by atoms with E-state index in [0.29, 0.717) is 11.0 Å². The van der Waals surface area contributed by atoms with Crippen LogP contribution >= 0.6 is 23.8 Å². The first-order chi connectivity index (χ1) is 8.15. The van der Waals surface area contributed by atoms with Gasteiger partial charge in [-0.25, -0.2) is 0 Å². The summed E-state index contributed by atoms with van der Waals surface area (Å²) in [6.07, 6.45) is 1.87. The van der Waals surface area contributed by atoms with Crippen LogP contribution in [0.1, 0.15) is 13.8 Å². The molecular formula is C12H15N3S2. The van der Waals surface area contributed by atoms with Gasteiger partial charge in [-0.3, -0.25) is 0 Å². The number of thiocarbonyl (C=S) groups is 1. The molecule has 0 aliphatic carbocycles. The van der Waals surface area contributed by atoms with Gasteiger partial charge in [-0.05, 0) is 47.9 Å². The summed E-state index contributed by atoms with van der Waals surface area (Å²) in [5.41, 5.74) is 0.999. The van der Waals surface area contributed by atoms with Gasteiger partial charge in [0.1, 0.15) is 0 Å². The van der Waals surface area contributed by atoms with Gasteiger partial charge in [0.2, 0.25) is 0 Å². The van der Waals surface area contributed by atoms with Gasteiger partial charge in [-0.1, -0.05) is 13.8 Å². The van der Waals surface area contributed by atoms with E-state index in [1.807, 2.05) is 12.3 Å². The normalized spacial score (nSPS) is 10.8. The van der Waals surface area contributed by atoms with Gasteiger partial charge in [0, 0.05) is 23.8 Å². The highest BCUT2D eigenvalue weighted by Gasteiger charge is 2.01. The molecule has 0 aliphatic heterocycles. The molecule has 0 amide bonds. The second-order valence-electron chi connectivity index (χ2n) is 4.31. The van der Waals surface area contributed by atoms with Crippen molar-refractivity contribution in [1.29, 1.82) is 0 Å². The Morgan fingerprint density at radius 1 is 1.47 bits per heavy atom. The summed E-state index contributed by atoms with van der Waals surface area (Å²) in [6.45, 7) is 5.19. The Morgan fingerprint density at radius 3 is 3.06 bits per heavy atom. The number of rotatable bonds is 3. The lowest BCUT2D eigenvalue weighted by Crippen LogP contribution is -2.31. The number of aromatic nitrogens is 1. The molecule has 2 aromatic rings. The quantitative estimate of drug-likeness (QED) is 0.835. The van der Waals surface area contributed by atoms with Crippen molar-refractivity contribution in [2.45, 2.75) is 13.8 Å². The summed E-state index contributed by atoms with van der Waals surface area (Å²) in [5, 5.41) is 8.17. The van der Waals surface area contributed by atoms with Crippen molar-refractivity contribution in [3.63, 3.8) is 0 Å². The third kappa shape index (κ3) is 3.38. The highest BCUT2D eigenvalue weighted by atomic mass is 32.1. The first-order valence-corrected chi connectivity index (χ1v) is 6.72. The summed E-state index contributed by atoms with van der Waals surface area (Å²) in [4.78, 5) is 0. The molecular weight excluding hydrogens is 250 g/mol. The minimum Gasteiger partial charge on any atom is -0.362 e. The average molecular weight is 265 g/mol. The molecule has 1 heterocycles. The zero-order valence-corrected chi connectivity index (χ0v) is 11.5. The Balaban J connectivity index is 2.00. The van der Waals surface area contributed by atoms with E-state index in [1.165, 1.54) is 16.2 Å². The molecule has 0 fully saturated rings. The standard InChI is InChI=1S/C12H15N3S2/c1-8(2)6-13-12(16)15-10-3-4-11-9(5-10)7-14-17-11/h3-5,7-8H,6H2,1-2H3,(H2,13,15,16). The SMILES string of the molecule is CC(C)CNC(=S)Nc1ccc2sncc2c1. The molecule has 0 saturated carbocycles. The van der Waals surface area contributed by atoms with Crippen LogP contribution in [0.25, 0.3) is 10.1 Å². The molecule has 0 radical (unpaired) electrons. The molecule has 0 saturated heterocycles. The predicted octanol–water partition coefficient (Wildman–Crippen LogP) is 3.24. The fraction of sp³-hybridized carbons (Fsp3) is 0.333. The molecule has 1 aromatic heterocycles. The highest BCUT2D eigenvalue weighted by molar-refractivity contribution is 7.80. The fourth-order valence-corrected chi connectivity index (χ4v) is 2.25. The molecule has 3 nitrogen and oxygen atoms in total. The maximum atomic E-state index is 5.22. The van der Waals surface area contributed by atoms with E-state index in [2.05, 4.69) is 41.0 Å². The lowest BCUT2D eigenvalue weighted by atomic mass is 10.2. The molecule has 0 aliphatic rings. The number of benzene rings is 1. The fourth-order valence-electron chi connectivity index (χ4n) is 1.42. The van der Waals surface area contributed by atoms with Crippen LogP contribution in [0, 0.1) is 5.92 Å². The Morgan fingerprint density at radius 2 is 2.29 bits per heavy atom. The van der Waals surface area contributed by atoms with Crippen molar-refractivity contribution < 1.29 is 0 Å². The van der Waals surface area contributed by atoms with Crippen LogP contribution in [0.3, 0.4) is 0 Å². The van der Waals surface area contributed by atoms with Crippen LogP contribution in [0.5, 0.6) is 0 Å². The molecule has 0 bridgehead atoms. The second kappa shape index (κ2) is 5.42. The van der Waals surface area contributed by atoms with Crippen molar-refractivity contribution in [3.8, 4) is 0 Å². The predicted molar refractivity (Wildman–Crippen MR) is 78.7 cm³/mol. The van der Waals surface area contributed by atoms with Crippen LogP contribution in [0.2, 0.25) is 0 Å². The van der Waals surface area contributed by atoms with Crippen LogP contribution in [0.15, 0.2) is 24.4 Å². The van der Waals surface area contributed by atoms with Gasteiger partial charge in [-0.15, -0.1) is 0 Å². The van der Waals surface area contributed by atoms with Crippen LogP contribution in [-0.2, 0) is 0 Å². The lowest BCUT2D eigenvalue weighted by Gasteiger charge is -2.12. The van der Waals surface area contributed by atoms with Crippen LogP contribution in [-0.4, -0.2) is 16.0 Å². The molecule has 17 heavy (non-hydrogen) atoms. The van der Waals surface area contributed by atoms with Crippen molar-refractivity contribution in [2.24, 2.45) is 5.92 Å². The first kappa shape index (κ1) is 12.3. The third-order valence-corrected chi connectivity index (χ3v) is 3.31. The zero-order chi connectivity index (χ0) is 12.3. The minimum absolute atomic E-state index is 0.582. The number of nitrogens with zero attached hydrogens (tertiary/aromatic N) is 1. The molecule has 2 rings (SSSR count). The van der Waals surface area contributed by atoms with E-state index in [1.54, 1.807) is 0 Å². The smallest absolute Gasteiger partial charge is 0.170 e. The zero-order valence-electron chi connectivity index (χ0n) is 9.86. The summed E-state index contributed by atoms with van der Waals surface area (Å²) >= 11 is 6.72. The van der Waals surface area contributed by atoms with Crippen molar-refractivity contribution in [3.05, 3.63) is 24.4 Å². The lowest BCUT2D eigenvalue weighted by molar-refractivity contribution is 0.627. The van der Waals surface area contributed by atoms with E-state index in [4.69, 9.17) is 12.2 Å². The molecule has 0 atom stereocenters. The Labute approximate surface area is 110 Å².